The maximum atomic E-state index is 5.34. The van der Waals surface area contributed by atoms with Crippen LogP contribution in [0.1, 0.15) is 32.6 Å². The third kappa shape index (κ3) is 6.78. The van der Waals surface area contributed by atoms with Crippen molar-refractivity contribution in [3.8, 4) is 0 Å². The molecule has 0 aromatic heterocycles. The molecule has 0 amide bonds. The zero-order valence-electron chi connectivity index (χ0n) is 8.38. The lowest BCUT2D eigenvalue weighted by Gasteiger charge is -2.14. The summed E-state index contributed by atoms with van der Waals surface area (Å²) in [4.78, 5) is 0. The Labute approximate surface area is 78.9 Å². The van der Waals surface area contributed by atoms with Crippen LogP contribution in [0.2, 0.25) is 6.32 Å². The van der Waals surface area contributed by atoms with E-state index in [0.29, 0.717) is 5.92 Å². The minimum absolute atomic E-state index is 0.703. The van der Waals surface area contributed by atoms with Crippen LogP contribution in [0.3, 0.4) is 0 Å². The molecule has 3 radical (unpaired) electrons. The van der Waals surface area contributed by atoms with E-state index in [-0.39, 0.29) is 0 Å². The van der Waals surface area contributed by atoms with Gasteiger partial charge in [0.15, 0.2) is 0 Å². The summed E-state index contributed by atoms with van der Waals surface area (Å²) in [6.45, 7) is 3.10. The quantitative estimate of drug-likeness (QED) is 0.500. The van der Waals surface area contributed by atoms with Crippen LogP contribution in [0.5, 0.6) is 0 Å². The molecule has 0 aliphatic heterocycles. The molecule has 1 nitrogen and oxygen atoms in total. The highest BCUT2D eigenvalue weighted by Gasteiger charge is 2.06. The van der Waals surface area contributed by atoms with E-state index in [4.69, 9.17) is 12.5 Å². The van der Waals surface area contributed by atoms with E-state index in [9.17, 15) is 0 Å². The molecule has 0 aromatic rings. The van der Waals surface area contributed by atoms with Crippen LogP contribution in [0.15, 0.2) is 0 Å². The molecule has 0 aliphatic rings. The van der Waals surface area contributed by atoms with Gasteiger partial charge in [0.05, 0.1) is 7.17 Å². The Kier molecular flexibility index (Phi) is 9.25. The molecule has 0 aromatic carbocycles. The van der Waals surface area contributed by atoms with Crippen molar-refractivity contribution in [2.75, 3.05) is 13.7 Å². The number of ether oxygens (including phenoxy) is 1. The molecule has 1 atom stereocenters. The highest BCUT2D eigenvalue weighted by molar-refractivity contribution is 6.89. The van der Waals surface area contributed by atoms with Crippen molar-refractivity contribution < 1.29 is 4.74 Å². The van der Waals surface area contributed by atoms with Crippen molar-refractivity contribution in [2.45, 2.75) is 38.9 Å². The van der Waals surface area contributed by atoms with E-state index in [1.165, 1.54) is 25.7 Å². The Bertz CT molecular complexity index is 80.6. The Morgan fingerprint density at radius 3 is 2.67 bits per heavy atom. The Morgan fingerprint density at radius 1 is 1.42 bits per heavy atom. The van der Waals surface area contributed by atoms with E-state index in [1.54, 1.807) is 14.3 Å². The van der Waals surface area contributed by atoms with E-state index in [0.717, 1.165) is 12.9 Å². The van der Waals surface area contributed by atoms with Gasteiger partial charge in [0.1, 0.15) is 0 Å². The molecule has 0 heterocycles. The molecular weight excluding hydrogens is 146 g/mol. The Balaban J connectivity index is 3.40. The molecule has 0 aliphatic carbocycles. The van der Waals surface area contributed by atoms with Gasteiger partial charge in [0, 0.05) is 21.5 Å². The monoisotopic (exact) mass is 165 g/mol. The van der Waals surface area contributed by atoms with Gasteiger partial charge in [-0.3, -0.25) is 0 Å². The van der Waals surface area contributed by atoms with Gasteiger partial charge in [-0.25, -0.2) is 0 Å². The third-order valence-electron chi connectivity index (χ3n) is 2.11. The summed E-state index contributed by atoms with van der Waals surface area (Å²) in [6, 6.07) is 0. The largest absolute Gasteiger partial charge is 0.384 e. The summed E-state index contributed by atoms with van der Waals surface area (Å²) in [5.41, 5.74) is 0. The molecule has 0 spiro atoms. The first-order valence-corrected chi connectivity index (χ1v) is 4.87. The maximum absolute atomic E-state index is 5.34. The lowest BCUT2D eigenvalue weighted by molar-refractivity contribution is 0.144. The Hall–Kier alpha value is 0.0899. The van der Waals surface area contributed by atoms with E-state index < -0.39 is 0 Å². The average Bonchev–Trinajstić information content (AvgIpc) is 2.10. The molecule has 1 unspecified atom stereocenters. The molecule has 0 fully saturated rings. The highest BCUT2D eigenvalue weighted by atomic mass is 16.5. The Morgan fingerprint density at radius 2 is 2.17 bits per heavy atom. The van der Waals surface area contributed by atoms with Crippen LogP contribution in [0.4, 0.5) is 0 Å². The van der Waals surface area contributed by atoms with Crippen LogP contribution >= 0.6 is 0 Å². The fourth-order valence-electron chi connectivity index (χ4n) is 1.37. The first-order valence-electron chi connectivity index (χ1n) is 4.87. The molecule has 67 valence electrons. The van der Waals surface area contributed by atoms with E-state index in [1.807, 2.05) is 0 Å². The zero-order chi connectivity index (χ0) is 9.23. The van der Waals surface area contributed by atoms with Crippen LogP contribution < -0.4 is 0 Å². The summed E-state index contributed by atoms with van der Waals surface area (Å²) in [5.74, 6) is 0.703. The van der Waals surface area contributed by atoms with Gasteiger partial charge in [0.25, 0.3) is 0 Å². The number of unbranched alkanes of at least 4 members (excludes halogenated alkanes) is 1. The average molecular weight is 165 g/mol. The fourth-order valence-corrected chi connectivity index (χ4v) is 1.37. The van der Waals surface area contributed by atoms with E-state index >= 15 is 0 Å². The van der Waals surface area contributed by atoms with Gasteiger partial charge in [-0.2, -0.15) is 0 Å². The first kappa shape index (κ1) is 12.1. The second-order valence-corrected chi connectivity index (χ2v) is 3.28. The number of methoxy groups -OCH3 is 1. The summed E-state index contributed by atoms with van der Waals surface area (Å²) >= 11 is 0. The zero-order valence-corrected chi connectivity index (χ0v) is 8.38. The number of hydrogen-bond donors (Lipinski definition) is 0. The van der Waals surface area contributed by atoms with Crippen molar-refractivity contribution in [1.29, 1.82) is 0 Å². The second kappa shape index (κ2) is 9.18. The van der Waals surface area contributed by atoms with Crippen LogP contribution in [-0.4, -0.2) is 28.6 Å². The molecule has 12 heavy (non-hydrogen) atoms. The first-order chi connectivity index (χ1) is 5.85. The van der Waals surface area contributed by atoms with Gasteiger partial charge in [-0.1, -0.05) is 32.5 Å². The van der Waals surface area contributed by atoms with Crippen molar-refractivity contribution in [1.82, 2.24) is 0 Å². The molecule has 3 heteroatoms. The fraction of sp³-hybridized carbons (Fsp3) is 1.00. The number of hydrogen-bond acceptors (Lipinski definition) is 1. The van der Waals surface area contributed by atoms with Gasteiger partial charge in [0.2, 0.25) is 0 Å². The van der Waals surface area contributed by atoms with E-state index in [2.05, 4.69) is 6.92 Å². The van der Waals surface area contributed by atoms with Crippen molar-refractivity contribution in [2.24, 2.45) is 5.92 Å². The molecule has 0 saturated carbocycles. The summed E-state index contributed by atoms with van der Waals surface area (Å²) in [5, 5.41) is 0. The SMILES string of the molecule is [B][B]CCC(CCCC)COC. The molecule has 0 rings (SSSR count). The van der Waals surface area contributed by atoms with Gasteiger partial charge in [-0.05, 0) is 12.3 Å². The van der Waals surface area contributed by atoms with Crippen molar-refractivity contribution in [3.63, 3.8) is 0 Å². The molecule has 0 saturated heterocycles. The molecule has 0 N–H and O–H groups in total. The van der Waals surface area contributed by atoms with Crippen LogP contribution in [0, 0.1) is 5.92 Å². The minimum Gasteiger partial charge on any atom is -0.384 e. The third-order valence-corrected chi connectivity index (χ3v) is 2.11. The normalized spacial score (nSPS) is 12.8. The summed E-state index contributed by atoms with van der Waals surface area (Å²) in [6.07, 6.45) is 6.03. The van der Waals surface area contributed by atoms with Crippen molar-refractivity contribution in [3.05, 3.63) is 0 Å². The summed E-state index contributed by atoms with van der Waals surface area (Å²) in [7, 11) is 8.85. The van der Waals surface area contributed by atoms with Crippen LogP contribution in [-0.2, 0) is 4.74 Å². The predicted molar refractivity (Wildman–Crippen MR) is 55.8 cm³/mol. The molecular formula is C9H19B2O. The lowest BCUT2D eigenvalue weighted by Crippen LogP contribution is -2.09. The van der Waals surface area contributed by atoms with Gasteiger partial charge < -0.3 is 4.74 Å². The maximum Gasteiger partial charge on any atom is 0.0545 e. The lowest BCUT2D eigenvalue weighted by atomic mass is 9.52. The van der Waals surface area contributed by atoms with Crippen LogP contribution in [0.25, 0.3) is 0 Å². The standard InChI is InChI=1S/C9H19B2O/c1-3-4-5-9(8-12-2)6-7-11-10/h9H,3-8H2,1-2H3. The van der Waals surface area contributed by atoms with Crippen molar-refractivity contribution >= 4 is 14.9 Å². The summed E-state index contributed by atoms with van der Waals surface area (Å²) < 4.78 is 5.14. The topological polar surface area (TPSA) is 9.23 Å². The second-order valence-electron chi connectivity index (χ2n) is 3.28. The smallest absolute Gasteiger partial charge is 0.0545 e. The molecule has 0 bridgehead atoms. The van der Waals surface area contributed by atoms with Gasteiger partial charge in [-0.15, -0.1) is 0 Å². The number of rotatable bonds is 8. The minimum atomic E-state index is 0.703. The predicted octanol–water partition coefficient (Wildman–Crippen LogP) is 2.04. The highest BCUT2D eigenvalue weighted by Crippen LogP contribution is 2.14. The van der Waals surface area contributed by atoms with Gasteiger partial charge >= 0.3 is 0 Å².